The standard InChI is InChI=1S/C13H12O/c1-10-7-12(9-13(14)8-10)11-5-3-2-4-6-11/h2-9,14H,1H3. The van der Waals surface area contributed by atoms with Crippen molar-refractivity contribution < 1.29 is 5.11 Å². The molecule has 0 saturated carbocycles. The van der Waals surface area contributed by atoms with Crippen molar-refractivity contribution in [2.24, 2.45) is 0 Å². The normalized spacial score (nSPS) is 10.1. The summed E-state index contributed by atoms with van der Waals surface area (Å²) in [5.41, 5.74) is 3.26. The molecular formula is C13H12O. The summed E-state index contributed by atoms with van der Waals surface area (Å²) in [6.45, 7) is 1.98. The zero-order chi connectivity index (χ0) is 9.97. The van der Waals surface area contributed by atoms with E-state index in [1.54, 1.807) is 12.1 Å². The monoisotopic (exact) mass is 184 g/mol. The van der Waals surface area contributed by atoms with Crippen molar-refractivity contribution in [3.63, 3.8) is 0 Å². The molecule has 1 heteroatoms. The molecule has 1 N–H and O–H groups in total. The van der Waals surface area contributed by atoms with E-state index in [4.69, 9.17) is 0 Å². The Kier molecular flexibility index (Phi) is 2.23. The van der Waals surface area contributed by atoms with Crippen LogP contribution in [0.3, 0.4) is 0 Å². The first kappa shape index (κ1) is 8.82. The number of phenolic OH excluding ortho intramolecular Hbond substituents is 1. The molecule has 70 valence electrons. The first-order valence-corrected chi connectivity index (χ1v) is 4.62. The molecule has 0 amide bonds. The van der Waals surface area contributed by atoms with E-state index in [2.05, 4.69) is 6.07 Å². The lowest BCUT2D eigenvalue weighted by Crippen LogP contribution is -1.79. The molecule has 14 heavy (non-hydrogen) atoms. The largest absolute Gasteiger partial charge is 0.508 e. The lowest BCUT2D eigenvalue weighted by Gasteiger charge is -2.03. The maximum Gasteiger partial charge on any atom is 0.116 e. The summed E-state index contributed by atoms with van der Waals surface area (Å²) < 4.78 is 0. The number of hydrogen-bond donors (Lipinski definition) is 1. The van der Waals surface area contributed by atoms with Crippen molar-refractivity contribution in [3.05, 3.63) is 54.1 Å². The molecule has 0 radical (unpaired) electrons. The van der Waals surface area contributed by atoms with Gasteiger partial charge in [0.25, 0.3) is 0 Å². The molecule has 0 fully saturated rings. The van der Waals surface area contributed by atoms with Crippen LogP contribution in [0.15, 0.2) is 48.5 Å². The molecule has 2 aromatic rings. The molecule has 1 nitrogen and oxygen atoms in total. The van der Waals surface area contributed by atoms with Gasteiger partial charge in [0.05, 0.1) is 0 Å². The van der Waals surface area contributed by atoms with Gasteiger partial charge in [-0.05, 0) is 35.7 Å². The number of hydrogen-bond acceptors (Lipinski definition) is 1. The highest BCUT2D eigenvalue weighted by Crippen LogP contribution is 2.24. The van der Waals surface area contributed by atoms with E-state index in [0.717, 1.165) is 16.7 Å². The maximum absolute atomic E-state index is 9.46. The van der Waals surface area contributed by atoms with Crippen LogP contribution in [0.25, 0.3) is 11.1 Å². The lowest BCUT2D eigenvalue weighted by molar-refractivity contribution is 0.475. The van der Waals surface area contributed by atoms with Crippen molar-refractivity contribution in [2.75, 3.05) is 0 Å². The van der Waals surface area contributed by atoms with Gasteiger partial charge in [0.2, 0.25) is 0 Å². The first-order chi connectivity index (χ1) is 6.75. The summed E-state index contributed by atoms with van der Waals surface area (Å²) >= 11 is 0. The molecule has 0 spiro atoms. The van der Waals surface area contributed by atoms with Gasteiger partial charge < -0.3 is 5.11 Å². The van der Waals surface area contributed by atoms with E-state index in [9.17, 15) is 5.11 Å². The van der Waals surface area contributed by atoms with E-state index < -0.39 is 0 Å². The van der Waals surface area contributed by atoms with Crippen LogP contribution in [-0.2, 0) is 0 Å². The third-order valence-electron chi connectivity index (χ3n) is 2.17. The molecule has 0 bridgehead atoms. The average molecular weight is 184 g/mol. The fourth-order valence-electron chi connectivity index (χ4n) is 1.56. The molecule has 0 aliphatic carbocycles. The molecule has 2 aromatic carbocycles. The van der Waals surface area contributed by atoms with Crippen molar-refractivity contribution >= 4 is 0 Å². The van der Waals surface area contributed by atoms with Crippen LogP contribution in [-0.4, -0.2) is 5.11 Å². The lowest BCUT2D eigenvalue weighted by atomic mass is 10.0. The molecule has 0 saturated heterocycles. The molecule has 2 rings (SSSR count). The third-order valence-corrected chi connectivity index (χ3v) is 2.17. The van der Waals surface area contributed by atoms with Gasteiger partial charge in [-0.15, -0.1) is 0 Å². The van der Waals surface area contributed by atoms with Crippen LogP contribution >= 0.6 is 0 Å². The number of aryl methyl sites for hydroxylation is 1. The third kappa shape index (κ3) is 1.77. The Morgan fingerprint density at radius 1 is 0.857 bits per heavy atom. The topological polar surface area (TPSA) is 20.2 Å². The van der Waals surface area contributed by atoms with E-state index >= 15 is 0 Å². The summed E-state index contributed by atoms with van der Waals surface area (Å²) in [5, 5.41) is 9.46. The van der Waals surface area contributed by atoms with Crippen molar-refractivity contribution in [1.29, 1.82) is 0 Å². The highest BCUT2D eigenvalue weighted by molar-refractivity contribution is 5.65. The minimum atomic E-state index is 0.323. The predicted octanol–water partition coefficient (Wildman–Crippen LogP) is 3.37. The number of aromatic hydroxyl groups is 1. The minimum Gasteiger partial charge on any atom is -0.508 e. The minimum absolute atomic E-state index is 0.323. The smallest absolute Gasteiger partial charge is 0.116 e. The van der Waals surface area contributed by atoms with Crippen LogP contribution in [0, 0.1) is 6.92 Å². The van der Waals surface area contributed by atoms with Gasteiger partial charge in [-0.1, -0.05) is 36.4 Å². The van der Waals surface area contributed by atoms with Crippen LogP contribution in [0.2, 0.25) is 0 Å². The molecule has 0 aromatic heterocycles. The summed E-state index contributed by atoms with van der Waals surface area (Å²) in [6.07, 6.45) is 0. The zero-order valence-electron chi connectivity index (χ0n) is 8.07. The van der Waals surface area contributed by atoms with Gasteiger partial charge in [0.15, 0.2) is 0 Å². The second-order valence-corrected chi connectivity index (χ2v) is 3.42. The van der Waals surface area contributed by atoms with Gasteiger partial charge in [-0.2, -0.15) is 0 Å². The van der Waals surface area contributed by atoms with Crippen LogP contribution < -0.4 is 0 Å². The van der Waals surface area contributed by atoms with E-state index in [1.807, 2.05) is 37.3 Å². The predicted molar refractivity (Wildman–Crippen MR) is 58.3 cm³/mol. The molecule has 0 aliphatic heterocycles. The van der Waals surface area contributed by atoms with Crippen LogP contribution in [0.4, 0.5) is 0 Å². The van der Waals surface area contributed by atoms with Gasteiger partial charge in [0, 0.05) is 0 Å². The Morgan fingerprint density at radius 3 is 2.21 bits per heavy atom. The average Bonchev–Trinajstić information content (AvgIpc) is 2.18. The van der Waals surface area contributed by atoms with E-state index in [0.29, 0.717) is 5.75 Å². The Morgan fingerprint density at radius 2 is 1.57 bits per heavy atom. The maximum atomic E-state index is 9.46. The fourth-order valence-corrected chi connectivity index (χ4v) is 1.56. The quantitative estimate of drug-likeness (QED) is 0.720. The number of rotatable bonds is 1. The van der Waals surface area contributed by atoms with Crippen molar-refractivity contribution in [3.8, 4) is 16.9 Å². The van der Waals surface area contributed by atoms with Crippen molar-refractivity contribution in [1.82, 2.24) is 0 Å². The second-order valence-electron chi connectivity index (χ2n) is 3.42. The summed E-state index contributed by atoms with van der Waals surface area (Å²) in [5.74, 6) is 0.323. The van der Waals surface area contributed by atoms with Crippen LogP contribution in [0.1, 0.15) is 5.56 Å². The summed E-state index contributed by atoms with van der Waals surface area (Å²) in [7, 11) is 0. The van der Waals surface area contributed by atoms with Crippen molar-refractivity contribution in [2.45, 2.75) is 6.92 Å². The zero-order valence-corrected chi connectivity index (χ0v) is 8.07. The highest BCUT2D eigenvalue weighted by Gasteiger charge is 1.99. The summed E-state index contributed by atoms with van der Waals surface area (Å²) in [6, 6.07) is 15.6. The molecule has 0 atom stereocenters. The Balaban J connectivity index is 2.52. The highest BCUT2D eigenvalue weighted by atomic mass is 16.3. The summed E-state index contributed by atoms with van der Waals surface area (Å²) in [4.78, 5) is 0. The van der Waals surface area contributed by atoms with E-state index in [-0.39, 0.29) is 0 Å². The Labute approximate surface area is 83.6 Å². The molecule has 0 aliphatic rings. The van der Waals surface area contributed by atoms with Gasteiger partial charge in [0.1, 0.15) is 5.75 Å². The molecule has 0 heterocycles. The number of benzene rings is 2. The van der Waals surface area contributed by atoms with Gasteiger partial charge >= 0.3 is 0 Å². The number of phenols is 1. The van der Waals surface area contributed by atoms with E-state index in [1.165, 1.54) is 0 Å². The second kappa shape index (κ2) is 3.54. The molecular weight excluding hydrogens is 172 g/mol. The Bertz CT molecular complexity index is 412. The Hall–Kier alpha value is -1.76. The van der Waals surface area contributed by atoms with Gasteiger partial charge in [-0.3, -0.25) is 0 Å². The SMILES string of the molecule is Cc1cc(O)cc(-c2ccccc2)c1. The van der Waals surface area contributed by atoms with Crippen LogP contribution in [0.5, 0.6) is 5.75 Å². The fraction of sp³-hybridized carbons (Fsp3) is 0.0769. The van der Waals surface area contributed by atoms with Gasteiger partial charge in [-0.25, -0.2) is 0 Å². The first-order valence-electron chi connectivity index (χ1n) is 4.62. The molecule has 0 unspecified atom stereocenters.